The summed E-state index contributed by atoms with van der Waals surface area (Å²) in [5, 5.41) is 0. The summed E-state index contributed by atoms with van der Waals surface area (Å²) in [5.41, 5.74) is 3.19. The fraction of sp³-hybridized carbons (Fsp3) is 0.792. The molecule has 0 heterocycles. The number of fused-ring (bicyclic) bond motifs is 5. The summed E-state index contributed by atoms with van der Waals surface area (Å²) >= 11 is 0. The van der Waals surface area contributed by atoms with E-state index in [1.54, 1.807) is 19.8 Å². The van der Waals surface area contributed by atoms with Crippen molar-refractivity contribution in [3.8, 4) is 0 Å². The lowest BCUT2D eigenvalue weighted by molar-refractivity contribution is -0.152. The molecule has 3 saturated carbocycles. The van der Waals surface area contributed by atoms with Gasteiger partial charge in [0, 0.05) is 64.4 Å². The van der Waals surface area contributed by atoms with E-state index in [0.717, 1.165) is 126 Å². The second-order valence-electron chi connectivity index (χ2n) is 26.6. The third kappa shape index (κ3) is 26.5. The quantitative estimate of drug-likeness (QED) is 0.0206. The summed E-state index contributed by atoms with van der Waals surface area (Å²) < 4.78 is 27.1. The zero-order valence-corrected chi connectivity index (χ0v) is 54.9. The van der Waals surface area contributed by atoms with Gasteiger partial charge in [0.25, 0.3) is 0 Å². The minimum Gasteiger partial charge on any atom is -0.462 e. The van der Waals surface area contributed by atoms with Crippen molar-refractivity contribution < 1.29 is 47.7 Å². The summed E-state index contributed by atoms with van der Waals surface area (Å²) in [6.07, 6.45) is 43.1. The molecule has 4 aliphatic rings. The molecule has 10 unspecified atom stereocenters. The first-order valence-electron chi connectivity index (χ1n) is 33.5. The van der Waals surface area contributed by atoms with Crippen molar-refractivity contribution in [3.05, 3.63) is 58.7 Å². The Balaban J connectivity index is 0.000000350. The summed E-state index contributed by atoms with van der Waals surface area (Å²) in [4.78, 5) is 59.8. The number of rotatable bonds is 38. The molecule has 474 valence electrons. The van der Waals surface area contributed by atoms with Gasteiger partial charge in [0.1, 0.15) is 24.8 Å². The van der Waals surface area contributed by atoms with Crippen molar-refractivity contribution in [2.75, 3.05) is 54.7 Å². The number of aldehydes is 2. The summed E-state index contributed by atoms with van der Waals surface area (Å²) in [7, 11) is 7.34. The SMILES string of the molecule is CCCCCCCCC(CCCCCC)OC(=O)CCCCCCOC.CN(C)CCCOC(=O)c1cc(C=O)cc(C=O)c1.COCCCCCC(=O)OC1CCC2(C)C(=CCC3C2CCC2(C)C(C(C)/C=C/C(C)C(C)C)CCC32)C1. The average Bonchev–Trinajstić information content (AvgIpc) is 3.90. The fourth-order valence-corrected chi connectivity index (χ4v) is 14.2. The van der Waals surface area contributed by atoms with E-state index < -0.39 is 5.97 Å². The van der Waals surface area contributed by atoms with Crippen LogP contribution >= 0.6 is 0 Å². The smallest absolute Gasteiger partial charge is 0.338 e. The first-order valence-corrected chi connectivity index (χ1v) is 33.5. The van der Waals surface area contributed by atoms with Crippen molar-refractivity contribution >= 4 is 30.5 Å². The molecule has 1 aromatic carbocycles. The van der Waals surface area contributed by atoms with Crippen LogP contribution in [0.2, 0.25) is 0 Å². The lowest BCUT2D eigenvalue weighted by Crippen LogP contribution is -2.51. The normalized spacial score (nSPS) is 23.7. The van der Waals surface area contributed by atoms with Crippen LogP contribution in [0, 0.1) is 52.3 Å². The molecule has 0 amide bonds. The summed E-state index contributed by atoms with van der Waals surface area (Å²) in [5.74, 6) is 4.89. The zero-order valence-electron chi connectivity index (χ0n) is 54.9. The van der Waals surface area contributed by atoms with Crippen LogP contribution in [0.4, 0.5) is 0 Å². The first-order chi connectivity index (χ1) is 39.9. The van der Waals surface area contributed by atoms with Gasteiger partial charge in [-0.25, -0.2) is 4.79 Å². The van der Waals surface area contributed by atoms with E-state index in [2.05, 4.69) is 73.6 Å². The second kappa shape index (κ2) is 41.4. The van der Waals surface area contributed by atoms with Gasteiger partial charge >= 0.3 is 17.9 Å². The number of hydrogen-bond acceptors (Lipinski definition) is 11. The van der Waals surface area contributed by atoms with E-state index in [-0.39, 0.29) is 40.8 Å². The number of unbranched alkanes of at least 4 members (excludes halogenated alkanes) is 13. The number of carbonyl (C=O) groups excluding carboxylic acids is 5. The van der Waals surface area contributed by atoms with Crippen molar-refractivity contribution in [2.45, 2.75) is 260 Å². The number of carbonyl (C=O) groups is 5. The van der Waals surface area contributed by atoms with Crippen LogP contribution < -0.4 is 0 Å². The maximum Gasteiger partial charge on any atom is 0.338 e. The Labute approximate surface area is 506 Å². The molecule has 4 aliphatic carbocycles. The van der Waals surface area contributed by atoms with Crippen LogP contribution in [0.25, 0.3) is 0 Å². The van der Waals surface area contributed by atoms with Crippen LogP contribution in [0.1, 0.15) is 279 Å². The molecule has 0 spiro atoms. The van der Waals surface area contributed by atoms with Crippen molar-refractivity contribution in [2.24, 2.45) is 52.3 Å². The lowest BCUT2D eigenvalue weighted by atomic mass is 9.47. The molecule has 10 atom stereocenters. The highest BCUT2D eigenvalue weighted by Gasteiger charge is 2.59. The van der Waals surface area contributed by atoms with Crippen LogP contribution in [0.15, 0.2) is 42.0 Å². The predicted octanol–water partition coefficient (Wildman–Crippen LogP) is 17.8. The topological polar surface area (TPSA) is 135 Å². The highest BCUT2D eigenvalue weighted by atomic mass is 16.5. The molecular formula is C72H121NO10. The first kappa shape index (κ1) is 73.6. The maximum atomic E-state index is 12.5. The van der Waals surface area contributed by atoms with Crippen LogP contribution in [-0.4, -0.2) is 102 Å². The van der Waals surface area contributed by atoms with E-state index in [1.807, 2.05) is 19.0 Å². The Bertz CT molecular complexity index is 2020. The Hall–Kier alpha value is -3.67. The number of methoxy groups -OCH3 is 2. The Morgan fingerprint density at radius 1 is 0.651 bits per heavy atom. The monoisotopic (exact) mass is 1160 g/mol. The number of ether oxygens (including phenoxy) is 5. The maximum absolute atomic E-state index is 12.5. The third-order valence-electron chi connectivity index (χ3n) is 19.6. The number of nitrogens with zero attached hydrogens (tertiary/aromatic N) is 1. The Kier molecular flexibility index (Phi) is 36.7. The summed E-state index contributed by atoms with van der Waals surface area (Å²) in [6, 6.07) is 4.24. The molecule has 0 saturated heterocycles. The average molecular weight is 1160 g/mol. The molecule has 0 N–H and O–H groups in total. The van der Waals surface area contributed by atoms with Crippen LogP contribution in [0.3, 0.4) is 0 Å². The van der Waals surface area contributed by atoms with Gasteiger partial charge in [-0.3, -0.25) is 19.2 Å². The van der Waals surface area contributed by atoms with Gasteiger partial charge in [-0.05, 0) is 187 Å². The van der Waals surface area contributed by atoms with Gasteiger partial charge in [-0.1, -0.05) is 150 Å². The molecule has 11 heteroatoms. The molecule has 1 aromatic rings. The van der Waals surface area contributed by atoms with Crippen molar-refractivity contribution in [3.63, 3.8) is 0 Å². The van der Waals surface area contributed by atoms with E-state index in [9.17, 15) is 24.0 Å². The molecule has 0 aromatic heterocycles. The largest absolute Gasteiger partial charge is 0.462 e. The minimum atomic E-state index is -0.523. The van der Waals surface area contributed by atoms with Crippen LogP contribution in [0.5, 0.6) is 0 Å². The van der Waals surface area contributed by atoms with Crippen molar-refractivity contribution in [1.82, 2.24) is 4.90 Å². The van der Waals surface area contributed by atoms with E-state index in [0.29, 0.717) is 54.7 Å². The number of esters is 3. The van der Waals surface area contributed by atoms with Gasteiger partial charge < -0.3 is 28.6 Å². The molecule has 0 aliphatic heterocycles. The van der Waals surface area contributed by atoms with E-state index >= 15 is 0 Å². The Morgan fingerprint density at radius 3 is 1.83 bits per heavy atom. The van der Waals surface area contributed by atoms with E-state index in [4.69, 9.17) is 23.7 Å². The molecule has 11 nitrogen and oxygen atoms in total. The lowest BCUT2D eigenvalue weighted by Gasteiger charge is -2.58. The molecule has 83 heavy (non-hydrogen) atoms. The van der Waals surface area contributed by atoms with Crippen LogP contribution in [-0.2, 0) is 33.3 Å². The number of benzene rings is 1. The van der Waals surface area contributed by atoms with E-state index in [1.165, 1.54) is 121 Å². The minimum absolute atomic E-state index is 0.00157. The van der Waals surface area contributed by atoms with Crippen molar-refractivity contribution in [1.29, 1.82) is 0 Å². The predicted molar refractivity (Wildman–Crippen MR) is 340 cm³/mol. The highest BCUT2D eigenvalue weighted by molar-refractivity contribution is 5.94. The highest BCUT2D eigenvalue weighted by Crippen LogP contribution is 2.67. The van der Waals surface area contributed by atoms with Gasteiger partial charge in [0.05, 0.1) is 12.2 Å². The van der Waals surface area contributed by atoms with Gasteiger partial charge in [-0.2, -0.15) is 0 Å². The number of allylic oxidation sites excluding steroid dienone is 3. The second-order valence-corrected chi connectivity index (χ2v) is 26.6. The molecular weight excluding hydrogens is 1040 g/mol. The van der Waals surface area contributed by atoms with Gasteiger partial charge in [0.15, 0.2) is 0 Å². The standard InChI is InChI=1S/C35H58O3.C23H46O3.C14H17NO4/c1-24(2)25(3)12-13-26(4)30-16-17-31-29-15-14-27-23-28(38-33(36)11-9-8-10-22-37-7)18-20-34(27,5)32(29)19-21-35(30,31)6;1-4-6-8-10-11-15-19-22(18-14-9-7-5-2)26-23(24)20-16-12-13-17-21-25-3;1-15(2)4-3-5-19-14(18)13-7-11(9-16)6-12(8-13)10-17/h12-14,24-26,28-32H,8-11,15-23H2,1-7H3;22H,4-21H2,1-3H3;6-10H,3-5H2,1-2H3/b13-12+;;. The fourth-order valence-electron chi connectivity index (χ4n) is 14.2. The van der Waals surface area contributed by atoms with Gasteiger partial charge in [-0.15, -0.1) is 0 Å². The van der Waals surface area contributed by atoms with Gasteiger partial charge in [0.2, 0.25) is 0 Å². The molecule has 3 fully saturated rings. The molecule has 0 bridgehead atoms. The Morgan fingerprint density at radius 2 is 1.23 bits per heavy atom. The number of hydrogen-bond donors (Lipinski definition) is 0. The zero-order chi connectivity index (χ0) is 61.0. The molecule has 0 radical (unpaired) electrons. The summed E-state index contributed by atoms with van der Waals surface area (Å²) in [6.45, 7) is 22.0. The molecule has 5 rings (SSSR count). The third-order valence-corrected chi connectivity index (χ3v) is 19.6.